The summed E-state index contributed by atoms with van der Waals surface area (Å²) in [4.78, 5) is 22.9. The number of benzene rings is 3. The number of hydrogen-bond acceptors (Lipinski definition) is 6. The standard InChI is InChI=1S/C31H30ClNO5/c1-23-22-29(13-14-31(23)38-37-24(2)34)36-19-15-30(27-9-11-28(32)12-10-27)26-7-5-25(6-8-26)4-3-16-33-17-20-35-21-18-33/h5-15,22H,16-21H2,1-2H3. The second-order valence-corrected chi connectivity index (χ2v) is 9.23. The molecule has 4 rings (SSSR count). The molecule has 0 N–H and O–H groups in total. The van der Waals surface area contributed by atoms with Gasteiger partial charge in [-0.05, 0) is 72.2 Å². The van der Waals surface area contributed by atoms with Crippen LogP contribution in [0, 0.1) is 18.8 Å². The number of rotatable bonds is 8. The summed E-state index contributed by atoms with van der Waals surface area (Å²) in [6, 6.07) is 21.3. The molecule has 0 amide bonds. The monoisotopic (exact) mass is 531 g/mol. The summed E-state index contributed by atoms with van der Waals surface area (Å²) in [6.45, 7) is 7.63. The predicted octanol–water partition coefficient (Wildman–Crippen LogP) is 5.70. The fourth-order valence-corrected chi connectivity index (χ4v) is 4.03. The van der Waals surface area contributed by atoms with Crippen molar-refractivity contribution in [1.82, 2.24) is 4.90 Å². The summed E-state index contributed by atoms with van der Waals surface area (Å²) in [5.74, 6) is 7.15. The topological polar surface area (TPSA) is 57.2 Å². The Kier molecular flexibility index (Phi) is 9.83. The highest BCUT2D eigenvalue weighted by Crippen LogP contribution is 2.27. The average molecular weight is 532 g/mol. The van der Waals surface area contributed by atoms with E-state index in [0.717, 1.165) is 60.7 Å². The van der Waals surface area contributed by atoms with Gasteiger partial charge in [-0.25, -0.2) is 4.79 Å². The van der Waals surface area contributed by atoms with Crippen molar-refractivity contribution in [1.29, 1.82) is 0 Å². The lowest BCUT2D eigenvalue weighted by Crippen LogP contribution is -2.36. The number of carbonyl (C=O) groups is 1. The van der Waals surface area contributed by atoms with Gasteiger partial charge < -0.3 is 9.47 Å². The fraction of sp³-hybridized carbons (Fsp3) is 0.258. The maximum Gasteiger partial charge on any atom is 0.352 e. The Bertz CT molecular complexity index is 1320. The molecule has 1 aliphatic rings. The Morgan fingerprint density at radius 3 is 2.37 bits per heavy atom. The quantitative estimate of drug-likeness (QED) is 0.211. The number of carbonyl (C=O) groups excluding carboxylic acids is 1. The minimum absolute atomic E-state index is 0.350. The summed E-state index contributed by atoms with van der Waals surface area (Å²) >= 11 is 6.13. The molecule has 0 bridgehead atoms. The van der Waals surface area contributed by atoms with Crippen LogP contribution in [0.4, 0.5) is 0 Å². The minimum atomic E-state index is -0.516. The maximum absolute atomic E-state index is 11.0. The van der Waals surface area contributed by atoms with Crippen LogP contribution in [0.2, 0.25) is 5.02 Å². The smallest absolute Gasteiger partial charge is 0.352 e. The van der Waals surface area contributed by atoms with Gasteiger partial charge in [-0.1, -0.05) is 47.7 Å². The van der Waals surface area contributed by atoms with Crippen LogP contribution in [0.15, 0.2) is 72.8 Å². The molecule has 38 heavy (non-hydrogen) atoms. The van der Waals surface area contributed by atoms with Crippen LogP contribution in [0.1, 0.15) is 29.2 Å². The molecule has 0 radical (unpaired) electrons. The third-order valence-electron chi connectivity index (χ3n) is 5.92. The van der Waals surface area contributed by atoms with Gasteiger partial charge in [0.25, 0.3) is 0 Å². The minimum Gasteiger partial charge on any atom is -0.489 e. The van der Waals surface area contributed by atoms with Crippen LogP contribution in [0.3, 0.4) is 0 Å². The Morgan fingerprint density at radius 1 is 1.03 bits per heavy atom. The Hall–Kier alpha value is -3.76. The van der Waals surface area contributed by atoms with Gasteiger partial charge in [-0.3, -0.25) is 14.7 Å². The van der Waals surface area contributed by atoms with Crippen molar-refractivity contribution in [2.45, 2.75) is 13.8 Å². The van der Waals surface area contributed by atoms with Crippen molar-refractivity contribution in [2.75, 3.05) is 39.5 Å². The van der Waals surface area contributed by atoms with Crippen LogP contribution >= 0.6 is 11.6 Å². The van der Waals surface area contributed by atoms with Gasteiger partial charge >= 0.3 is 5.97 Å². The zero-order valence-corrected chi connectivity index (χ0v) is 22.3. The van der Waals surface area contributed by atoms with Crippen LogP contribution in [-0.2, 0) is 14.4 Å². The van der Waals surface area contributed by atoms with E-state index in [1.807, 2.05) is 55.5 Å². The van der Waals surface area contributed by atoms with E-state index < -0.39 is 5.97 Å². The van der Waals surface area contributed by atoms with E-state index in [0.29, 0.717) is 23.1 Å². The molecule has 1 aliphatic heterocycles. The molecule has 0 spiro atoms. The van der Waals surface area contributed by atoms with Gasteiger partial charge in [-0.15, -0.1) is 0 Å². The SMILES string of the molecule is CC(=O)OOc1ccc(OCC=C(c2ccc(Cl)cc2)c2ccc(C#CCN3CCOCC3)cc2)cc1C. The first kappa shape index (κ1) is 27.3. The zero-order valence-electron chi connectivity index (χ0n) is 21.5. The molecule has 0 aromatic heterocycles. The van der Waals surface area contributed by atoms with Crippen molar-refractivity contribution in [3.63, 3.8) is 0 Å². The Morgan fingerprint density at radius 2 is 1.71 bits per heavy atom. The van der Waals surface area contributed by atoms with Crippen molar-refractivity contribution in [3.8, 4) is 23.3 Å². The molecule has 0 unspecified atom stereocenters. The number of ether oxygens (including phenoxy) is 2. The van der Waals surface area contributed by atoms with Gasteiger partial charge in [0, 0.05) is 36.2 Å². The van der Waals surface area contributed by atoms with Crippen molar-refractivity contribution in [3.05, 3.63) is 100 Å². The van der Waals surface area contributed by atoms with Crippen LogP contribution in [0.5, 0.6) is 11.5 Å². The second-order valence-electron chi connectivity index (χ2n) is 8.79. The van der Waals surface area contributed by atoms with E-state index in [1.165, 1.54) is 6.92 Å². The summed E-state index contributed by atoms with van der Waals surface area (Å²) in [6.07, 6.45) is 2.04. The molecule has 1 saturated heterocycles. The highest BCUT2D eigenvalue weighted by molar-refractivity contribution is 6.30. The molecular weight excluding hydrogens is 502 g/mol. The van der Waals surface area contributed by atoms with Crippen LogP contribution in [0.25, 0.3) is 5.57 Å². The Balaban J connectivity index is 1.46. The second kappa shape index (κ2) is 13.7. The molecule has 0 atom stereocenters. The zero-order chi connectivity index (χ0) is 26.7. The van der Waals surface area contributed by atoms with Crippen molar-refractivity contribution >= 4 is 23.1 Å². The highest BCUT2D eigenvalue weighted by Gasteiger charge is 2.09. The summed E-state index contributed by atoms with van der Waals surface area (Å²) in [7, 11) is 0. The third kappa shape index (κ3) is 8.12. The number of hydrogen-bond donors (Lipinski definition) is 0. The van der Waals surface area contributed by atoms with Gasteiger partial charge in [0.05, 0.1) is 19.8 Å². The fourth-order valence-electron chi connectivity index (χ4n) is 3.91. The predicted molar refractivity (Wildman–Crippen MR) is 148 cm³/mol. The first-order valence-corrected chi connectivity index (χ1v) is 12.8. The van der Waals surface area contributed by atoms with E-state index in [4.69, 9.17) is 26.0 Å². The van der Waals surface area contributed by atoms with E-state index in [-0.39, 0.29) is 0 Å². The first-order chi connectivity index (χ1) is 18.5. The van der Waals surface area contributed by atoms with Gasteiger partial charge in [0.15, 0.2) is 5.75 Å². The molecule has 1 fully saturated rings. The Labute approximate surface area is 228 Å². The lowest BCUT2D eigenvalue weighted by atomic mass is 9.97. The van der Waals surface area contributed by atoms with Crippen molar-refractivity contribution < 1.29 is 24.0 Å². The number of nitrogens with zero attached hydrogens (tertiary/aromatic N) is 1. The molecular formula is C31H30ClNO5. The number of morpholine rings is 1. The van der Waals surface area contributed by atoms with E-state index in [2.05, 4.69) is 33.8 Å². The molecule has 1 heterocycles. The summed E-state index contributed by atoms with van der Waals surface area (Å²) < 4.78 is 11.4. The lowest BCUT2D eigenvalue weighted by molar-refractivity contribution is -0.211. The molecule has 3 aromatic carbocycles. The first-order valence-electron chi connectivity index (χ1n) is 12.4. The normalized spacial score (nSPS) is 13.8. The molecule has 6 nitrogen and oxygen atoms in total. The summed E-state index contributed by atoms with van der Waals surface area (Å²) in [5, 5.41) is 0.682. The number of aryl methyl sites for hydroxylation is 1. The highest BCUT2D eigenvalue weighted by atomic mass is 35.5. The molecule has 0 saturated carbocycles. The van der Waals surface area contributed by atoms with Gasteiger partial charge in [0.1, 0.15) is 12.4 Å². The molecule has 3 aromatic rings. The van der Waals surface area contributed by atoms with Crippen molar-refractivity contribution in [2.24, 2.45) is 0 Å². The van der Waals surface area contributed by atoms with E-state index in [9.17, 15) is 4.79 Å². The number of halogens is 1. The van der Waals surface area contributed by atoms with E-state index in [1.54, 1.807) is 12.1 Å². The molecule has 7 heteroatoms. The molecule has 0 aliphatic carbocycles. The largest absolute Gasteiger partial charge is 0.489 e. The maximum atomic E-state index is 11.0. The van der Waals surface area contributed by atoms with Crippen LogP contribution < -0.4 is 9.62 Å². The van der Waals surface area contributed by atoms with Gasteiger partial charge in [-0.2, -0.15) is 0 Å². The average Bonchev–Trinajstić information content (AvgIpc) is 2.92. The third-order valence-corrected chi connectivity index (χ3v) is 6.17. The molecule has 196 valence electrons. The van der Waals surface area contributed by atoms with Gasteiger partial charge in [0.2, 0.25) is 0 Å². The van der Waals surface area contributed by atoms with Crippen LogP contribution in [-0.4, -0.2) is 50.3 Å². The van der Waals surface area contributed by atoms with E-state index >= 15 is 0 Å². The summed E-state index contributed by atoms with van der Waals surface area (Å²) in [5.41, 5.74) is 4.87. The lowest BCUT2D eigenvalue weighted by Gasteiger charge is -2.24.